The van der Waals surface area contributed by atoms with Gasteiger partial charge >= 0.3 is 0 Å². The molecule has 1 aromatic rings. The van der Waals surface area contributed by atoms with Crippen LogP contribution in [0, 0.1) is 0 Å². The molecule has 2 atom stereocenters. The van der Waals surface area contributed by atoms with Crippen molar-refractivity contribution in [2.45, 2.75) is 38.5 Å². The van der Waals surface area contributed by atoms with Gasteiger partial charge in [-0.3, -0.25) is 4.79 Å². The van der Waals surface area contributed by atoms with Crippen LogP contribution in [0.4, 0.5) is 5.95 Å². The third-order valence-corrected chi connectivity index (χ3v) is 4.01. The first-order chi connectivity index (χ1) is 9.16. The average Bonchev–Trinajstić information content (AvgIpc) is 3.02. The van der Waals surface area contributed by atoms with Gasteiger partial charge in [-0.15, -0.1) is 0 Å². The van der Waals surface area contributed by atoms with Crippen LogP contribution < -0.4 is 5.32 Å². The zero-order chi connectivity index (χ0) is 13.4. The van der Waals surface area contributed by atoms with Gasteiger partial charge in [-0.05, 0) is 19.8 Å². The summed E-state index contributed by atoms with van der Waals surface area (Å²) in [4.78, 5) is 18.6. The van der Waals surface area contributed by atoms with E-state index in [0.29, 0.717) is 5.69 Å². The van der Waals surface area contributed by atoms with Crippen LogP contribution in [0.5, 0.6) is 0 Å². The van der Waals surface area contributed by atoms with Gasteiger partial charge in [-0.1, -0.05) is 0 Å². The van der Waals surface area contributed by atoms with Gasteiger partial charge in [-0.2, -0.15) is 0 Å². The number of carbonyl (C=O) groups excluding carboxylic acids is 1. The van der Waals surface area contributed by atoms with Gasteiger partial charge < -0.3 is 19.5 Å². The predicted octanol–water partition coefficient (Wildman–Crippen LogP) is 0.948. The number of ether oxygens (including phenoxy) is 1. The van der Waals surface area contributed by atoms with E-state index >= 15 is 0 Å². The Morgan fingerprint density at radius 1 is 1.63 bits per heavy atom. The fourth-order valence-electron chi connectivity index (χ4n) is 2.84. The Hall–Kier alpha value is -1.56. The summed E-state index contributed by atoms with van der Waals surface area (Å²) in [7, 11) is 1.84. The molecule has 2 unspecified atom stereocenters. The molecule has 6 nitrogen and oxygen atoms in total. The Kier molecular flexibility index (Phi) is 3.18. The van der Waals surface area contributed by atoms with Crippen molar-refractivity contribution < 1.29 is 9.53 Å². The Balaban J connectivity index is 1.77. The van der Waals surface area contributed by atoms with E-state index in [1.807, 2.05) is 24.7 Å². The van der Waals surface area contributed by atoms with Crippen LogP contribution >= 0.6 is 0 Å². The first-order valence-corrected chi connectivity index (χ1v) is 6.86. The van der Waals surface area contributed by atoms with E-state index in [-0.39, 0.29) is 18.1 Å². The molecule has 1 aromatic heterocycles. The highest BCUT2D eigenvalue weighted by Gasteiger charge is 2.32. The van der Waals surface area contributed by atoms with Crippen molar-refractivity contribution in [3.63, 3.8) is 0 Å². The standard InChI is InChI=1S/C13H20N4O2/c1-9-11(4-7-19-9)16(2)12(18)10-8-17-6-3-5-14-13(17)15-10/h8-9,11H,3-7H2,1-2H3,(H,14,15). The zero-order valence-electron chi connectivity index (χ0n) is 11.4. The molecule has 2 aliphatic rings. The van der Waals surface area contributed by atoms with E-state index in [1.54, 1.807) is 4.90 Å². The molecule has 3 rings (SSSR count). The van der Waals surface area contributed by atoms with Gasteiger partial charge in [0.1, 0.15) is 5.69 Å². The summed E-state index contributed by atoms with van der Waals surface area (Å²) in [5, 5.41) is 3.21. The number of fused-ring (bicyclic) bond motifs is 1. The van der Waals surface area contributed by atoms with Crippen molar-refractivity contribution in [2.75, 3.05) is 25.5 Å². The third-order valence-electron chi connectivity index (χ3n) is 4.01. The molecule has 1 saturated heterocycles. The van der Waals surface area contributed by atoms with Gasteiger partial charge in [-0.25, -0.2) is 4.98 Å². The molecular formula is C13H20N4O2. The number of imidazole rings is 1. The number of amides is 1. The normalized spacial score (nSPS) is 25.8. The van der Waals surface area contributed by atoms with Crippen LogP contribution in [0.2, 0.25) is 0 Å². The number of hydrogen-bond donors (Lipinski definition) is 1. The average molecular weight is 264 g/mol. The second-order valence-electron chi connectivity index (χ2n) is 5.27. The molecule has 6 heteroatoms. The number of hydrogen-bond acceptors (Lipinski definition) is 4. The maximum atomic E-state index is 12.5. The molecular weight excluding hydrogens is 244 g/mol. The molecule has 1 fully saturated rings. The van der Waals surface area contributed by atoms with Crippen molar-refractivity contribution in [2.24, 2.45) is 0 Å². The van der Waals surface area contributed by atoms with Crippen LogP contribution in [0.3, 0.4) is 0 Å². The number of rotatable bonds is 2. The summed E-state index contributed by atoms with van der Waals surface area (Å²) in [5.41, 5.74) is 0.519. The Bertz CT molecular complexity index is 461. The van der Waals surface area contributed by atoms with Crippen molar-refractivity contribution in [1.29, 1.82) is 0 Å². The minimum absolute atomic E-state index is 0.0222. The van der Waals surface area contributed by atoms with Crippen molar-refractivity contribution >= 4 is 11.9 Å². The summed E-state index contributed by atoms with van der Waals surface area (Å²) >= 11 is 0. The molecule has 0 radical (unpaired) electrons. The SMILES string of the molecule is CC1OCCC1N(C)C(=O)c1cn2c(n1)NCCC2. The number of aromatic nitrogens is 2. The lowest BCUT2D eigenvalue weighted by Crippen LogP contribution is -2.41. The number of likely N-dealkylation sites (N-methyl/N-ethyl adjacent to an activating group) is 1. The lowest BCUT2D eigenvalue weighted by molar-refractivity contribution is 0.0570. The molecule has 0 spiro atoms. The highest BCUT2D eigenvalue weighted by molar-refractivity contribution is 5.92. The number of nitrogens with one attached hydrogen (secondary N) is 1. The van der Waals surface area contributed by atoms with E-state index in [2.05, 4.69) is 10.3 Å². The van der Waals surface area contributed by atoms with Gasteiger partial charge in [0.25, 0.3) is 5.91 Å². The molecule has 2 aliphatic heterocycles. The van der Waals surface area contributed by atoms with E-state index in [1.165, 1.54) is 0 Å². The molecule has 1 N–H and O–H groups in total. The molecule has 0 bridgehead atoms. The fraction of sp³-hybridized carbons (Fsp3) is 0.692. The fourth-order valence-corrected chi connectivity index (χ4v) is 2.84. The molecule has 0 aromatic carbocycles. The summed E-state index contributed by atoms with van der Waals surface area (Å²) in [6, 6.07) is 0.152. The summed E-state index contributed by atoms with van der Waals surface area (Å²) in [6.07, 6.45) is 3.92. The minimum Gasteiger partial charge on any atom is -0.376 e. The summed E-state index contributed by atoms with van der Waals surface area (Å²) < 4.78 is 7.54. The minimum atomic E-state index is -0.0222. The smallest absolute Gasteiger partial charge is 0.274 e. The first kappa shape index (κ1) is 12.5. The topological polar surface area (TPSA) is 59.4 Å². The zero-order valence-corrected chi connectivity index (χ0v) is 11.4. The predicted molar refractivity (Wildman–Crippen MR) is 71.2 cm³/mol. The van der Waals surface area contributed by atoms with E-state index in [9.17, 15) is 4.79 Å². The number of carbonyl (C=O) groups is 1. The molecule has 1 amide bonds. The van der Waals surface area contributed by atoms with Crippen LogP contribution in [0.25, 0.3) is 0 Å². The van der Waals surface area contributed by atoms with E-state index in [4.69, 9.17) is 4.74 Å². The maximum absolute atomic E-state index is 12.5. The number of aryl methyl sites for hydroxylation is 1. The second-order valence-corrected chi connectivity index (χ2v) is 5.27. The van der Waals surface area contributed by atoms with Crippen LogP contribution in [-0.2, 0) is 11.3 Å². The maximum Gasteiger partial charge on any atom is 0.274 e. The lowest BCUT2D eigenvalue weighted by Gasteiger charge is -2.25. The molecule has 19 heavy (non-hydrogen) atoms. The van der Waals surface area contributed by atoms with Crippen molar-refractivity contribution in [3.05, 3.63) is 11.9 Å². The van der Waals surface area contributed by atoms with Crippen LogP contribution in [0.15, 0.2) is 6.20 Å². The molecule has 3 heterocycles. The molecule has 0 aliphatic carbocycles. The Morgan fingerprint density at radius 2 is 2.47 bits per heavy atom. The van der Waals surface area contributed by atoms with Gasteiger partial charge in [0.15, 0.2) is 0 Å². The van der Waals surface area contributed by atoms with Crippen molar-refractivity contribution in [1.82, 2.24) is 14.5 Å². The quantitative estimate of drug-likeness (QED) is 0.864. The summed E-state index contributed by atoms with van der Waals surface area (Å²) in [5.74, 6) is 0.782. The Labute approximate surface area is 112 Å². The second kappa shape index (κ2) is 4.85. The number of nitrogens with zero attached hydrogens (tertiary/aromatic N) is 3. The molecule has 0 saturated carbocycles. The van der Waals surface area contributed by atoms with E-state index < -0.39 is 0 Å². The number of anilines is 1. The highest BCUT2D eigenvalue weighted by atomic mass is 16.5. The van der Waals surface area contributed by atoms with Crippen LogP contribution in [0.1, 0.15) is 30.3 Å². The largest absolute Gasteiger partial charge is 0.376 e. The summed E-state index contributed by atoms with van der Waals surface area (Å²) in [6.45, 7) is 4.59. The molecule has 104 valence electrons. The van der Waals surface area contributed by atoms with Crippen molar-refractivity contribution in [3.8, 4) is 0 Å². The monoisotopic (exact) mass is 264 g/mol. The highest BCUT2D eigenvalue weighted by Crippen LogP contribution is 2.21. The van der Waals surface area contributed by atoms with Gasteiger partial charge in [0.05, 0.1) is 12.1 Å². The van der Waals surface area contributed by atoms with E-state index in [0.717, 1.165) is 38.5 Å². The Morgan fingerprint density at radius 3 is 3.16 bits per heavy atom. The van der Waals surface area contributed by atoms with Gasteiger partial charge in [0.2, 0.25) is 5.95 Å². The third kappa shape index (κ3) is 2.20. The van der Waals surface area contributed by atoms with Crippen LogP contribution in [-0.4, -0.2) is 52.7 Å². The van der Waals surface area contributed by atoms with Gasteiger partial charge in [0, 0.05) is 32.9 Å². The first-order valence-electron chi connectivity index (χ1n) is 6.86. The lowest BCUT2D eigenvalue weighted by atomic mass is 10.1.